The van der Waals surface area contributed by atoms with Crippen LogP contribution in [0.4, 0.5) is 0 Å². The Morgan fingerprint density at radius 1 is 1.05 bits per heavy atom. The second kappa shape index (κ2) is 6.73. The summed E-state index contributed by atoms with van der Waals surface area (Å²) in [5.74, 6) is 0.631. The Morgan fingerprint density at radius 2 is 1.77 bits per heavy atom. The molecule has 1 amide bonds. The van der Waals surface area contributed by atoms with Gasteiger partial charge in [-0.1, -0.05) is 30.3 Å². The highest BCUT2D eigenvalue weighted by atomic mass is 16.1. The average molecular weight is 294 g/mol. The van der Waals surface area contributed by atoms with Gasteiger partial charge in [-0.05, 0) is 56.2 Å². The fraction of sp³-hybridized carbons (Fsp3) is 0.368. The zero-order chi connectivity index (χ0) is 15.4. The van der Waals surface area contributed by atoms with E-state index in [0.717, 1.165) is 31.4 Å². The van der Waals surface area contributed by atoms with Crippen LogP contribution in [0.3, 0.4) is 0 Å². The van der Waals surface area contributed by atoms with E-state index in [-0.39, 0.29) is 11.9 Å². The molecule has 0 radical (unpaired) electrons. The normalized spacial score (nSPS) is 21.3. The highest BCUT2D eigenvalue weighted by molar-refractivity contribution is 5.94. The third-order valence-corrected chi connectivity index (χ3v) is 4.51. The number of pyridine rings is 1. The van der Waals surface area contributed by atoms with Gasteiger partial charge in [-0.15, -0.1) is 0 Å². The molecule has 0 unspecified atom stereocenters. The number of carbonyl (C=O) groups is 1. The Labute approximate surface area is 131 Å². The number of carbonyl (C=O) groups excluding carboxylic acids is 1. The van der Waals surface area contributed by atoms with Crippen molar-refractivity contribution in [2.75, 3.05) is 0 Å². The Balaban J connectivity index is 1.53. The maximum Gasteiger partial charge on any atom is 0.253 e. The minimum Gasteiger partial charge on any atom is -0.349 e. The molecule has 1 saturated carbocycles. The van der Waals surface area contributed by atoms with Gasteiger partial charge in [0.25, 0.3) is 5.91 Å². The van der Waals surface area contributed by atoms with Crippen LogP contribution in [-0.2, 0) is 0 Å². The van der Waals surface area contributed by atoms with Crippen LogP contribution in [0.15, 0.2) is 48.7 Å². The Bertz CT molecular complexity index is 614. The van der Waals surface area contributed by atoms with Crippen molar-refractivity contribution in [2.45, 2.75) is 44.6 Å². The van der Waals surface area contributed by atoms with Crippen LogP contribution in [0.1, 0.15) is 53.2 Å². The molecule has 3 rings (SSSR count). The van der Waals surface area contributed by atoms with E-state index < -0.39 is 0 Å². The van der Waals surface area contributed by atoms with Crippen molar-refractivity contribution in [1.29, 1.82) is 0 Å². The van der Waals surface area contributed by atoms with Crippen LogP contribution in [0.25, 0.3) is 0 Å². The molecule has 0 spiro atoms. The standard InChI is InChI=1S/C19H22N2O/c1-14-7-8-17(13-20-14)19(22)21-18-11-9-16(10-12-18)15-5-3-2-4-6-15/h2-8,13,16,18H,9-12H2,1H3,(H,21,22). The lowest BCUT2D eigenvalue weighted by Gasteiger charge is -2.29. The monoisotopic (exact) mass is 294 g/mol. The molecule has 0 atom stereocenters. The van der Waals surface area contributed by atoms with E-state index in [4.69, 9.17) is 0 Å². The fourth-order valence-corrected chi connectivity index (χ4v) is 3.17. The second-order valence-electron chi connectivity index (χ2n) is 6.12. The van der Waals surface area contributed by atoms with Crippen LogP contribution in [0, 0.1) is 6.92 Å². The van der Waals surface area contributed by atoms with E-state index >= 15 is 0 Å². The first-order chi connectivity index (χ1) is 10.7. The first kappa shape index (κ1) is 14.8. The number of benzene rings is 1. The van der Waals surface area contributed by atoms with E-state index in [1.54, 1.807) is 6.20 Å². The maximum atomic E-state index is 12.2. The number of nitrogens with one attached hydrogen (secondary N) is 1. The zero-order valence-electron chi connectivity index (χ0n) is 13.0. The highest BCUT2D eigenvalue weighted by Crippen LogP contribution is 2.32. The van der Waals surface area contributed by atoms with Crippen molar-refractivity contribution >= 4 is 5.91 Å². The van der Waals surface area contributed by atoms with Gasteiger partial charge in [-0.3, -0.25) is 9.78 Å². The fourth-order valence-electron chi connectivity index (χ4n) is 3.17. The summed E-state index contributed by atoms with van der Waals surface area (Å²) >= 11 is 0. The predicted octanol–water partition coefficient (Wildman–Crippen LogP) is 3.85. The van der Waals surface area contributed by atoms with Gasteiger partial charge in [-0.2, -0.15) is 0 Å². The van der Waals surface area contributed by atoms with Crippen molar-refractivity contribution in [2.24, 2.45) is 0 Å². The first-order valence-corrected chi connectivity index (χ1v) is 8.01. The largest absolute Gasteiger partial charge is 0.349 e. The van der Waals surface area contributed by atoms with Gasteiger partial charge in [-0.25, -0.2) is 0 Å². The van der Waals surface area contributed by atoms with Crippen molar-refractivity contribution in [3.63, 3.8) is 0 Å². The third-order valence-electron chi connectivity index (χ3n) is 4.51. The van der Waals surface area contributed by atoms with E-state index in [1.165, 1.54) is 5.56 Å². The molecule has 3 heteroatoms. The van der Waals surface area contributed by atoms with E-state index in [2.05, 4.69) is 40.6 Å². The molecule has 1 N–H and O–H groups in total. The average Bonchev–Trinajstić information content (AvgIpc) is 2.57. The van der Waals surface area contributed by atoms with Crippen LogP contribution < -0.4 is 5.32 Å². The molecule has 0 aliphatic heterocycles. The van der Waals surface area contributed by atoms with Crippen molar-refractivity contribution in [3.8, 4) is 0 Å². The highest BCUT2D eigenvalue weighted by Gasteiger charge is 2.23. The summed E-state index contributed by atoms with van der Waals surface area (Å²) in [7, 11) is 0. The molecule has 1 aromatic heterocycles. The molecule has 114 valence electrons. The van der Waals surface area contributed by atoms with Crippen molar-refractivity contribution in [1.82, 2.24) is 10.3 Å². The summed E-state index contributed by atoms with van der Waals surface area (Å²) in [5.41, 5.74) is 3.01. The summed E-state index contributed by atoms with van der Waals surface area (Å²) in [6.07, 6.45) is 6.03. The molecular weight excluding hydrogens is 272 g/mol. The Kier molecular flexibility index (Phi) is 4.52. The van der Waals surface area contributed by atoms with Gasteiger partial charge < -0.3 is 5.32 Å². The van der Waals surface area contributed by atoms with Crippen LogP contribution in [0.2, 0.25) is 0 Å². The van der Waals surface area contributed by atoms with E-state index in [1.807, 2.05) is 19.1 Å². The topological polar surface area (TPSA) is 42.0 Å². The molecule has 0 bridgehead atoms. The lowest BCUT2D eigenvalue weighted by Crippen LogP contribution is -2.37. The SMILES string of the molecule is Cc1ccc(C(=O)NC2CCC(c3ccccc3)CC2)cn1. The number of aryl methyl sites for hydroxylation is 1. The van der Waals surface area contributed by atoms with Crippen LogP contribution >= 0.6 is 0 Å². The van der Waals surface area contributed by atoms with Crippen molar-refractivity contribution in [3.05, 3.63) is 65.5 Å². The smallest absolute Gasteiger partial charge is 0.253 e. The zero-order valence-corrected chi connectivity index (χ0v) is 13.0. The molecular formula is C19H22N2O. The number of rotatable bonds is 3. The molecule has 1 fully saturated rings. The molecule has 1 aliphatic carbocycles. The summed E-state index contributed by atoms with van der Waals surface area (Å²) < 4.78 is 0. The van der Waals surface area contributed by atoms with Crippen LogP contribution in [0.5, 0.6) is 0 Å². The van der Waals surface area contributed by atoms with Gasteiger partial charge in [0.2, 0.25) is 0 Å². The number of aromatic nitrogens is 1. The molecule has 1 aliphatic rings. The molecule has 2 aromatic rings. The minimum absolute atomic E-state index is 0.00402. The van der Waals surface area contributed by atoms with Crippen LogP contribution in [-0.4, -0.2) is 16.9 Å². The van der Waals surface area contributed by atoms with Gasteiger partial charge in [0.05, 0.1) is 5.56 Å². The number of hydrogen-bond acceptors (Lipinski definition) is 2. The van der Waals surface area contributed by atoms with Gasteiger partial charge >= 0.3 is 0 Å². The number of nitrogens with zero attached hydrogens (tertiary/aromatic N) is 1. The minimum atomic E-state index is -0.00402. The summed E-state index contributed by atoms with van der Waals surface area (Å²) in [4.78, 5) is 16.4. The van der Waals surface area contributed by atoms with Gasteiger partial charge in [0, 0.05) is 17.9 Å². The molecule has 3 nitrogen and oxygen atoms in total. The first-order valence-electron chi connectivity index (χ1n) is 8.01. The summed E-state index contributed by atoms with van der Waals surface area (Å²) in [5, 5.41) is 3.15. The second-order valence-corrected chi connectivity index (χ2v) is 6.12. The molecule has 1 aromatic carbocycles. The maximum absolute atomic E-state index is 12.2. The van der Waals surface area contributed by atoms with Crippen molar-refractivity contribution < 1.29 is 4.79 Å². The Hall–Kier alpha value is -2.16. The lowest BCUT2D eigenvalue weighted by atomic mass is 9.82. The third kappa shape index (κ3) is 3.53. The number of hydrogen-bond donors (Lipinski definition) is 1. The summed E-state index contributed by atoms with van der Waals surface area (Å²) in [6, 6.07) is 14.7. The quantitative estimate of drug-likeness (QED) is 0.934. The number of amides is 1. The molecule has 0 saturated heterocycles. The van der Waals surface area contributed by atoms with Gasteiger partial charge in [0.1, 0.15) is 0 Å². The van der Waals surface area contributed by atoms with E-state index in [9.17, 15) is 4.79 Å². The molecule has 1 heterocycles. The van der Waals surface area contributed by atoms with E-state index in [0.29, 0.717) is 11.5 Å². The van der Waals surface area contributed by atoms with Gasteiger partial charge in [0.15, 0.2) is 0 Å². The lowest BCUT2D eigenvalue weighted by molar-refractivity contribution is 0.0925. The Morgan fingerprint density at radius 3 is 2.41 bits per heavy atom. The summed E-state index contributed by atoms with van der Waals surface area (Å²) in [6.45, 7) is 1.92. The predicted molar refractivity (Wildman–Crippen MR) is 87.9 cm³/mol. The molecule has 22 heavy (non-hydrogen) atoms.